The highest BCUT2D eigenvalue weighted by Gasteiger charge is 2.18. The summed E-state index contributed by atoms with van der Waals surface area (Å²) in [5.74, 6) is 3.73. The van der Waals surface area contributed by atoms with Gasteiger partial charge in [0.15, 0.2) is 0 Å². The molecule has 0 aliphatic carbocycles. The van der Waals surface area contributed by atoms with Crippen LogP contribution in [0.2, 0.25) is 0 Å². The molecule has 6 aromatic rings. The molecule has 12 heteroatoms. The summed E-state index contributed by atoms with van der Waals surface area (Å²) in [6.45, 7) is 3.60. The molecule has 7 rings (SSSR count). The van der Waals surface area contributed by atoms with Gasteiger partial charge in [0.05, 0.1) is 18.5 Å². The van der Waals surface area contributed by atoms with Crippen molar-refractivity contribution in [2.45, 2.75) is 0 Å². The predicted molar refractivity (Wildman–Crippen MR) is 177 cm³/mol. The predicted octanol–water partition coefficient (Wildman–Crippen LogP) is 5.30. The van der Waals surface area contributed by atoms with Crippen LogP contribution in [-0.4, -0.2) is 100 Å². The van der Waals surface area contributed by atoms with Gasteiger partial charge in [0, 0.05) is 82.2 Å². The van der Waals surface area contributed by atoms with Crippen molar-refractivity contribution in [3.05, 3.63) is 91.5 Å². The van der Waals surface area contributed by atoms with E-state index in [1.54, 1.807) is 12.0 Å². The highest BCUT2D eigenvalue weighted by Crippen LogP contribution is 2.24. The minimum Gasteiger partial charge on any atom is -0.497 e. The maximum Gasteiger partial charge on any atom is 0.236 e. The Balaban J connectivity index is 0.000000167. The Bertz CT molecular complexity index is 1870. The van der Waals surface area contributed by atoms with E-state index in [1.165, 1.54) is 0 Å². The zero-order chi connectivity index (χ0) is 31.9. The number of methoxy groups -OCH3 is 1. The Kier molecular flexibility index (Phi) is 9.63. The van der Waals surface area contributed by atoms with Crippen molar-refractivity contribution < 1.29 is 13.5 Å². The first-order valence-electron chi connectivity index (χ1n) is 15.3. The summed E-state index contributed by atoms with van der Waals surface area (Å²) in [4.78, 5) is 24.5. The number of halogens is 2. The molecule has 1 aliphatic rings. The third kappa shape index (κ3) is 7.07. The maximum atomic E-state index is 12.5. The van der Waals surface area contributed by atoms with Crippen molar-refractivity contribution in [2.75, 3.05) is 76.6 Å². The zero-order valence-electron chi connectivity index (χ0n) is 26.0. The molecule has 238 valence electrons. The molecule has 1 aliphatic heterocycles. The van der Waals surface area contributed by atoms with Crippen LogP contribution in [0, 0.1) is 0 Å². The molecule has 0 atom stereocenters. The van der Waals surface area contributed by atoms with Crippen LogP contribution in [-0.2, 0) is 0 Å². The average Bonchev–Trinajstić information content (AvgIpc) is 3.74. The second-order valence-corrected chi connectivity index (χ2v) is 11.0. The fourth-order valence-corrected chi connectivity index (χ4v) is 5.35. The lowest BCUT2D eigenvalue weighted by Gasteiger charge is -2.34. The standard InChI is InChI=1S/C19H22FN5O.C15H15FN4/c1-26-16-4-2-3-15(13-16)17-14-25-7-5-18(22-19(25)21-17)24-11-9-23(8-6-20)10-12-24;1-19(10-8-16)14-7-9-20-11-13(17-15(20)18-14)12-5-3-2-4-6-12/h2-5,7,13-14H,6,8-12H2,1H3;2-7,9,11H,8,10H2,1H3. The van der Waals surface area contributed by atoms with Crippen molar-refractivity contribution in [2.24, 2.45) is 0 Å². The SMILES string of the molecule is CN(CCF)c1ccn2cc(-c3ccccc3)nc2n1.COc1cccc(-c2cn3ccc(N4CCN(CCF)CC4)nc3n2)c1. The molecule has 46 heavy (non-hydrogen) atoms. The van der Waals surface area contributed by atoms with E-state index in [4.69, 9.17) is 9.72 Å². The van der Waals surface area contributed by atoms with Gasteiger partial charge in [-0.05, 0) is 24.3 Å². The Labute approximate surface area is 266 Å². The molecule has 0 bridgehead atoms. The number of benzene rings is 2. The lowest BCUT2D eigenvalue weighted by Crippen LogP contribution is -2.47. The molecule has 2 aromatic carbocycles. The molecule has 0 radical (unpaired) electrons. The molecule has 4 aromatic heterocycles. The van der Waals surface area contributed by atoms with Crippen LogP contribution in [0.25, 0.3) is 34.1 Å². The number of aromatic nitrogens is 6. The van der Waals surface area contributed by atoms with E-state index >= 15 is 0 Å². The zero-order valence-corrected chi connectivity index (χ0v) is 26.0. The molecule has 1 fully saturated rings. The second kappa shape index (κ2) is 14.3. The van der Waals surface area contributed by atoms with Crippen LogP contribution in [0.1, 0.15) is 0 Å². The fraction of sp³-hybridized carbons (Fsp3) is 0.294. The summed E-state index contributed by atoms with van der Waals surface area (Å²) < 4.78 is 33.9. The number of rotatable bonds is 9. The smallest absolute Gasteiger partial charge is 0.236 e. The minimum atomic E-state index is -0.396. The number of anilines is 2. The monoisotopic (exact) mass is 625 g/mol. The van der Waals surface area contributed by atoms with Gasteiger partial charge >= 0.3 is 0 Å². The van der Waals surface area contributed by atoms with E-state index in [2.05, 4.69) is 24.8 Å². The first kappa shape index (κ1) is 30.9. The number of hydrogen-bond acceptors (Lipinski definition) is 8. The van der Waals surface area contributed by atoms with Gasteiger partial charge in [0.2, 0.25) is 11.6 Å². The third-order valence-corrected chi connectivity index (χ3v) is 7.97. The van der Waals surface area contributed by atoms with Crippen LogP contribution < -0.4 is 14.5 Å². The van der Waals surface area contributed by atoms with Crippen molar-refractivity contribution in [1.82, 2.24) is 33.6 Å². The normalized spacial score (nSPS) is 13.5. The highest BCUT2D eigenvalue weighted by molar-refractivity contribution is 5.64. The first-order valence-corrected chi connectivity index (χ1v) is 15.3. The molecule has 0 N–H and O–H groups in total. The Morgan fingerprint density at radius 2 is 1.41 bits per heavy atom. The van der Waals surface area contributed by atoms with Crippen molar-refractivity contribution >= 4 is 23.2 Å². The number of hydrogen-bond donors (Lipinski definition) is 0. The van der Waals surface area contributed by atoms with Gasteiger partial charge in [-0.2, -0.15) is 9.97 Å². The Hall–Kier alpha value is -5.10. The number of ether oxygens (including phenoxy) is 1. The van der Waals surface area contributed by atoms with Crippen molar-refractivity contribution in [3.8, 4) is 28.3 Å². The Morgan fingerprint density at radius 3 is 2.11 bits per heavy atom. The van der Waals surface area contributed by atoms with Crippen molar-refractivity contribution in [1.29, 1.82) is 0 Å². The maximum absolute atomic E-state index is 12.5. The first-order chi connectivity index (χ1) is 22.5. The quantitative estimate of drug-likeness (QED) is 0.214. The summed E-state index contributed by atoms with van der Waals surface area (Å²) in [5, 5.41) is 0. The van der Waals surface area contributed by atoms with E-state index in [1.807, 2.05) is 107 Å². The lowest BCUT2D eigenvalue weighted by atomic mass is 10.1. The second-order valence-electron chi connectivity index (χ2n) is 11.0. The number of nitrogens with zero attached hydrogens (tertiary/aromatic N) is 9. The number of piperazine rings is 1. The van der Waals surface area contributed by atoms with Gasteiger partial charge in [-0.3, -0.25) is 13.7 Å². The average molecular weight is 626 g/mol. The largest absolute Gasteiger partial charge is 0.497 e. The number of alkyl halides is 2. The molecule has 0 saturated carbocycles. The van der Waals surface area contributed by atoms with Gasteiger partial charge in [0.1, 0.15) is 30.7 Å². The van der Waals surface area contributed by atoms with Crippen LogP contribution >= 0.6 is 0 Å². The fourth-order valence-electron chi connectivity index (χ4n) is 5.35. The molecular weight excluding hydrogens is 588 g/mol. The Morgan fingerprint density at radius 1 is 0.739 bits per heavy atom. The summed E-state index contributed by atoms with van der Waals surface area (Å²) in [6.07, 6.45) is 7.80. The van der Waals surface area contributed by atoms with Crippen LogP contribution in [0.3, 0.4) is 0 Å². The molecule has 5 heterocycles. The minimum absolute atomic E-state index is 0.286. The van der Waals surface area contributed by atoms with Crippen LogP contribution in [0.15, 0.2) is 91.5 Å². The van der Waals surface area contributed by atoms with Gasteiger partial charge in [-0.25, -0.2) is 18.7 Å². The third-order valence-electron chi connectivity index (χ3n) is 7.97. The molecule has 0 unspecified atom stereocenters. The van der Waals surface area contributed by atoms with Crippen molar-refractivity contribution in [3.63, 3.8) is 0 Å². The number of fused-ring (bicyclic) bond motifs is 2. The molecular formula is C34H37F2N9O. The summed E-state index contributed by atoms with van der Waals surface area (Å²) in [5.41, 5.74) is 3.79. The van der Waals surface area contributed by atoms with E-state index in [0.29, 0.717) is 24.6 Å². The van der Waals surface area contributed by atoms with Gasteiger partial charge in [0.25, 0.3) is 0 Å². The van der Waals surface area contributed by atoms with Gasteiger partial charge in [-0.15, -0.1) is 0 Å². The van der Waals surface area contributed by atoms with Crippen LogP contribution in [0.4, 0.5) is 20.4 Å². The molecule has 10 nitrogen and oxygen atoms in total. The number of imidazole rings is 2. The van der Waals surface area contributed by atoms with E-state index in [9.17, 15) is 8.78 Å². The summed E-state index contributed by atoms with van der Waals surface area (Å²) >= 11 is 0. The lowest BCUT2D eigenvalue weighted by molar-refractivity contribution is 0.235. The van der Waals surface area contributed by atoms with E-state index in [-0.39, 0.29) is 6.67 Å². The highest BCUT2D eigenvalue weighted by atomic mass is 19.1. The summed E-state index contributed by atoms with van der Waals surface area (Å²) in [6, 6.07) is 21.7. The van der Waals surface area contributed by atoms with E-state index in [0.717, 1.165) is 66.1 Å². The topological polar surface area (TPSA) is 79.3 Å². The molecule has 0 amide bonds. The van der Waals surface area contributed by atoms with E-state index < -0.39 is 6.67 Å². The molecule has 1 saturated heterocycles. The van der Waals surface area contributed by atoms with Crippen LogP contribution in [0.5, 0.6) is 5.75 Å². The molecule has 0 spiro atoms. The van der Waals surface area contributed by atoms with Gasteiger partial charge < -0.3 is 14.5 Å². The van der Waals surface area contributed by atoms with Gasteiger partial charge in [-0.1, -0.05) is 42.5 Å². The summed E-state index contributed by atoms with van der Waals surface area (Å²) in [7, 11) is 3.48.